The Labute approximate surface area is 115 Å². The van der Waals surface area contributed by atoms with Crippen LogP contribution in [0, 0.1) is 5.92 Å². The molecule has 0 radical (unpaired) electrons. The van der Waals surface area contributed by atoms with Crippen LogP contribution in [0.4, 0.5) is 0 Å². The Hall–Kier alpha value is -2.15. The number of likely N-dealkylation sites (tertiary alicyclic amines) is 1. The van der Waals surface area contributed by atoms with Crippen molar-refractivity contribution in [2.45, 2.75) is 25.9 Å². The van der Waals surface area contributed by atoms with Crippen LogP contribution in [0.25, 0.3) is 11.6 Å². The lowest BCUT2D eigenvalue weighted by Gasteiger charge is -2.20. The number of aromatic nitrogens is 2. The van der Waals surface area contributed by atoms with Gasteiger partial charge >= 0.3 is 5.97 Å². The van der Waals surface area contributed by atoms with Gasteiger partial charge in [-0.1, -0.05) is 12.1 Å². The summed E-state index contributed by atoms with van der Waals surface area (Å²) >= 11 is 0. The Morgan fingerprint density at radius 3 is 3.15 bits per heavy atom. The van der Waals surface area contributed by atoms with Gasteiger partial charge in [0, 0.05) is 0 Å². The molecular weight excluding hydrogens is 262 g/mol. The van der Waals surface area contributed by atoms with Crippen LogP contribution in [-0.2, 0) is 11.3 Å². The maximum absolute atomic E-state index is 11.3. The van der Waals surface area contributed by atoms with Gasteiger partial charge in [-0.2, -0.15) is 4.98 Å². The monoisotopic (exact) mass is 277 g/mol. The second-order valence-electron chi connectivity index (χ2n) is 5.01. The van der Waals surface area contributed by atoms with Crippen molar-refractivity contribution in [2.24, 2.45) is 5.92 Å². The highest BCUT2D eigenvalue weighted by Gasteiger charge is 2.37. The van der Waals surface area contributed by atoms with Crippen molar-refractivity contribution in [3.8, 4) is 11.6 Å². The SMILES string of the molecule is CC1CCN(Cc2nc(-c3ccco3)no2)C1C(=O)O. The van der Waals surface area contributed by atoms with Gasteiger partial charge in [-0.15, -0.1) is 0 Å². The third kappa shape index (κ3) is 2.32. The van der Waals surface area contributed by atoms with E-state index in [1.165, 1.54) is 6.26 Å². The molecule has 0 bridgehead atoms. The molecule has 1 saturated heterocycles. The van der Waals surface area contributed by atoms with E-state index < -0.39 is 12.0 Å². The van der Waals surface area contributed by atoms with Gasteiger partial charge in [0.15, 0.2) is 5.76 Å². The molecule has 106 valence electrons. The van der Waals surface area contributed by atoms with E-state index in [0.29, 0.717) is 24.0 Å². The molecule has 1 aliphatic rings. The summed E-state index contributed by atoms with van der Waals surface area (Å²) in [7, 11) is 0. The third-order valence-corrected chi connectivity index (χ3v) is 3.61. The molecule has 2 unspecified atom stereocenters. The Balaban J connectivity index is 1.74. The quantitative estimate of drug-likeness (QED) is 0.907. The van der Waals surface area contributed by atoms with E-state index in [4.69, 9.17) is 8.94 Å². The summed E-state index contributed by atoms with van der Waals surface area (Å²) in [5, 5.41) is 13.1. The largest absolute Gasteiger partial charge is 0.480 e. The average Bonchev–Trinajstić information content (AvgIpc) is 3.10. The first-order chi connectivity index (χ1) is 9.65. The molecule has 0 saturated carbocycles. The Morgan fingerprint density at radius 1 is 1.60 bits per heavy atom. The van der Waals surface area contributed by atoms with Crippen LogP contribution in [0.15, 0.2) is 27.3 Å². The average molecular weight is 277 g/mol. The first kappa shape index (κ1) is 12.9. The van der Waals surface area contributed by atoms with E-state index >= 15 is 0 Å². The van der Waals surface area contributed by atoms with Gasteiger partial charge in [-0.05, 0) is 31.0 Å². The summed E-state index contributed by atoms with van der Waals surface area (Å²) in [4.78, 5) is 17.4. The van der Waals surface area contributed by atoms with E-state index in [1.807, 2.05) is 11.8 Å². The lowest BCUT2D eigenvalue weighted by Crippen LogP contribution is -2.38. The predicted molar refractivity (Wildman–Crippen MR) is 67.6 cm³/mol. The van der Waals surface area contributed by atoms with Gasteiger partial charge in [0.2, 0.25) is 11.7 Å². The molecule has 2 atom stereocenters. The molecule has 20 heavy (non-hydrogen) atoms. The number of carboxylic acid groups (broad SMARTS) is 1. The molecule has 1 fully saturated rings. The number of hydrogen-bond donors (Lipinski definition) is 1. The highest BCUT2D eigenvalue weighted by atomic mass is 16.5. The standard InChI is InChI=1S/C13H15N3O4/c1-8-4-5-16(11(8)13(17)18)7-10-14-12(15-20-10)9-3-2-6-19-9/h2-3,6,8,11H,4-5,7H2,1H3,(H,17,18). The minimum atomic E-state index is -0.805. The summed E-state index contributed by atoms with van der Waals surface area (Å²) < 4.78 is 10.3. The summed E-state index contributed by atoms with van der Waals surface area (Å²) in [6.45, 7) is 3.01. The van der Waals surface area contributed by atoms with Crippen LogP contribution < -0.4 is 0 Å². The maximum Gasteiger partial charge on any atom is 0.321 e. The van der Waals surface area contributed by atoms with Crippen LogP contribution in [0.2, 0.25) is 0 Å². The summed E-state index contributed by atoms with van der Waals surface area (Å²) in [6.07, 6.45) is 2.39. The first-order valence-electron chi connectivity index (χ1n) is 6.48. The fraction of sp³-hybridized carbons (Fsp3) is 0.462. The predicted octanol–water partition coefficient (Wildman–Crippen LogP) is 1.62. The molecule has 2 aromatic heterocycles. The van der Waals surface area contributed by atoms with Gasteiger partial charge in [0.1, 0.15) is 6.04 Å². The fourth-order valence-corrected chi connectivity index (χ4v) is 2.60. The van der Waals surface area contributed by atoms with Crippen molar-refractivity contribution in [3.63, 3.8) is 0 Å². The molecule has 0 aliphatic carbocycles. The zero-order valence-electron chi connectivity index (χ0n) is 11.0. The van der Waals surface area contributed by atoms with E-state index in [-0.39, 0.29) is 5.92 Å². The van der Waals surface area contributed by atoms with Crippen molar-refractivity contribution in [2.75, 3.05) is 6.54 Å². The minimum absolute atomic E-state index is 0.125. The fourth-order valence-electron chi connectivity index (χ4n) is 2.60. The zero-order valence-corrected chi connectivity index (χ0v) is 11.0. The van der Waals surface area contributed by atoms with Crippen LogP contribution >= 0.6 is 0 Å². The molecule has 7 nitrogen and oxygen atoms in total. The Bertz CT molecular complexity index is 593. The van der Waals surface area contributed by atoms with Gasteiger partial charge in [-0.25, -0.2) is 0 Å². The van der Waals surface area contributed by atoms with E-state index in [2.05, 4.69) is 10.1 Å². The number of carbonyl (C=O) groups is 1. The number of furan rings is 1. The highest BCUT2D eigenvalue weighted by molar-refractivity contribution is 5.74. The molecule has 3 heterocycles. The number of hydrogen-bond acceptors (Lipinski definition) is 6. The lowest BCUT2D eigenvalue weighted by atomic mass is 10.0. The van der Waals surface area contributed by atoms with Gasteiger partial charge in [0.25, 0.3) is 0 Å². The molecular formula is C13H15N3O4. The number of aliphatic carboxylic acids is 1. The van der Waals surface area contributed by atoms with E-state index in [9.17, 15) is 9.90 Å². The third-order valence-electron chi connectivity index (χ3n) is 3.61. The molecule has 0 spiro atoms. The molecule has 2 aromatic rings. The molecule has 1 aliphatic heterocycles. The Kier molecular flexibility index (Phi) is 3.27. The summed E-state index contributed by atoms with van der Waals surface area (Å²) in [5.41, 5.74) is 0. The molecule has 0 aromatic carbocycles. The minimum Gasteiger partial charge on any atom is -0.480 e. The lowest BCUT2D eigenvalue weighted by molar-refractivity contribution is -0.143. The smallest absolute Gasteiger partial charge is 0.321 e. The van der Waals surface area contributed by atoms with Crippen molar-refractivity contribution in [1.29, 1.82) is 0 Å². The second-order valence-corrected chi connectivity index (χ2v) is 5.01. The highest BCUT2D eigenvalue weighted by Crippen LogP contribution is 2.26. The molecule has 0 amide bonds. The van der Waals surface area contributed by atoms with Crippen LogP contribution in [0.1, 0.15) is 19.2 Å². The van der Waals surface area contributed by atoms with Gasteiger partial charge < -0.3 is 14.0 Å². The summed E-state index contributed by atoms with van der Waals surface area (Å²) in [5.74, 6) is 0.631. The topological polar surface area (TPSA) is 92.6 Å². The van der Waals surface area contributed by atoms with Crippen LogP contribution in [0.5, 0.6) is 0 Å². The van der Waals surface area contributed by atoms with Crippen molar-refractivity contribution >= 4 is 5.97 Å². The summed E-state index contributed by atoms with van der Waals surface area (Å²) in [6, 6.07) is 2.99. The molecule has 1 N–H and O–H groups in total. The number of rotatable bonds is 4. The Morgan fingerprint density at radius 2 is 2.45 bits per heavy atom. The number of carboxylic acids is 1. The zero-order chi connectivity index (χ0) is 14.1. The van der Waals surface area contributed by atoms with E-state index in [1.54, 1.807) is 12.1 Å². The molecule has 7 heteroatoms. The van der Waals surface area contributed by atoms with Crippen molar-refractivity contribution in [3.05, 3.63) is 24.3 Å². The van der Waals surface area contributed by atoms with Crippen LogP contribution in [0.3, 0.4) is 0 Å². The first-order valence-corrected chi connectivity index (χ1v) is 6.48. The second kappa shape index (κ2) is 5.09. The number of nitrogens with zero attached hydrogens (tertiary/aromatic N) is 3. The normalized spacial score (nSPS) is 23.2. The van der Waals surface area contributed by atoms with E-state index in [0.717, 1.165) is 13.0 Å². The van der Waals surface area contributed by atoms with Crippen molar-refractivity contribution < 1.29 is 18.8 Å². The van der Waals surface area contributed by atoms with Gasteiger partial charge in [-0.3, -0.25) is 9.69 Å². The van der Waals surface area contributed by atoms with Gasteiger partial charge in [0.05, 0.1) is 12.8 Å². The van der Waals surface area contributed by atoms with Crippen molar-refractivity contribution in [1.82, 2.24) is 15.0 Å². The molecule has 3 rings (SSSR count). The maximum atomic E-state index is 11.3. The van der Waals surface area contributed by atoms with Crippen LogP contribution in [-0.4, -0.2) is 38.7 Å².